The second-order valence-corrected chi connectivity index (χ2v) is 3.39. The summed E-state index contributed by atoms with van der Waals surface area (Å²) in [6.45, 7) is 2.01. The first-order valence-electron chi connectivity index (χ1n) is 3.82. The maximum absolute atomic E-state index is 5.02. The van der Waals surface area contributed by atoms with E-state index in [2.05, 4.69) is 26.1 Å². The first-order valence-corrected chi connectivity index (χ1v) is 4.62. The number of benzene rings is 1. The molecule has 2 aromatic rings. The summed E-state index contributed by atoms with van der Waals surface area (Å²) < 4.78 is 5.50. The highest BCUT2D eigenvalue weighted by molar-refractivity contribution is 9.10. The Balaban J connectivity index is 2.52. The Hall–Kier alpha value is -1.16. The molecule has 0 unspecified atom stereocenters. The summed E-state index contributed by atoms with van der Waals surface area (Å²) in [6.07, 6.45) is 0. The van der Waals surface area contributed by atoms with Crippen molar-refractivity contribution >= 4 is 15.9 Å². The van der Waals surface area contributed by atoms with Crippen LogP contribution in [0.15, 0.2) is 33.5 Å². The van der Waals surface area contributed by atoms with Gasteiger partial charge in [0.25, 0.3) is 5.89 Å². The maximum atomic E-state index is 5.02. The Morgan fingerprint density at radius 2 is 2.08 bits per heavy atom. The average molecular weight is 239 g/mol. The van der Waals surface area contributed by atoms with Crippen LogP contribution in [0.5, 0.6) is 0 Å². The molecule has 0 bridgehead atoms. The van der Waals surface area contributed by atoms with Gasteiger partial charge in [-0.1, -0.05) is 18.2 Å². The maximum Gasteiger partial charge on any atom is 0.258 e. The van der Waals surface area contributed by atoms with Gasteiger partial charge in [0, 0.05) is 5.56 Å². The molecule has 0 amide bonds. The van der Waals surface area contributed by atoms with Crippen molar-refractivity contribution in [2.45, 2.75) is 6.92 Å². The topological polar surface area (TPSA) is 38.9 Å². The van der Waals surface area contributed by atoms with E-state index in [4.69, 9.17) is 4.52 Å². The molecule has 1 aromatic heterocycles. The van der Waals surface area contributed by atoms with E-state index in [1.165, 1.54) is 0 Å². The number of nitrogens with zero attached hydrogens (tertiary/aromatic N) is 2. The smallest absolute Gasteiger partial charge is 0.258 e. The quantitative estimate of drug-likeness (QED) is 0.767. The molecule has 0 saturated carbocycles. The number of aryl methyl sites for hydroxylation is 1. The van der Waals surface area contributed by atoms with Crippen molar-refractivity contribution < 1.29 is 4.52 Å². The minimum Gasteiger partial charge on any atom is -0.333 e. The highest BCUT2D eigenvalue weighted by atomic mass is 79.9. The number of hydrogen-bond donors (Lipinski definition) is 0. The Kier molecular flexibility index (Phi) is 2.14. The molecule has 13 heavy (non-hydrogen) atoms. The second-order valence-electron chi connectivity index (χ2n) is 2.68. The van der Waals surface area contributed by atoms with Crippen molar-refractivity contribution in [2.75, 3.05) is 0 Å². The van der Waals surface area contributed by atoms with Crippen LogP contribution in [-0.2, 0) is 0 Å². The van der Waals surface area contributed by atoms with E-state index in [1.807, 2.05) is 31.2 Å². The third-order valence-electron chi connectivity index (χ3n) is 1.78. The average Bonchev–Trinajstić information content (AvgIpc) is 2.53. The Morgan fingerprint density at radius 1 is 1.31 bits per heavy atom. The lowest BCUT2D eigenvalue weighted by atomic mass is 10.1. The summed E-state index contributed by atoms with van der Waals surface area (Å²) >= 11 is 3.14. The largest absolute Gasteiger partial charge is 0.333 e. The minimum absolute atomic E-state index is 0.478. The second kappa shape index (κ2) is 3.30. The van der Waals surface area contributed by atoms with E-state index in [0.29, 0.717) is 10.6 Å². The molecule has 0 N–H and O–H groups in total. The van der Waals surface area contributed by atoms with E-state index in [9.17, 15) is 0 Å². The third-order valence-corrected chi connectivity index (χ3v) is 2.10. The van der Waals surface area contributed by atoms with Gasteiger partial charge in [-0.15, -0.1) is 0 Å². The number of halogens is 1. The van der Waals surface area contributed by atoms with Crippen molar-refractivity contribution in [3.8, 4) is 11.5 Å². The standard InChI is InChI=1S/C9H7BrN2O/c1-6-4-2-3-5-7(6)8-11-9(10)12-13-8/h2-5H,1H3. The van der Waals surface area contributed by atoms with Crippen molar-refractivity contribution in [2.24, 2.45) is 0 Å². The molecular formula is C9H7BrN2O. The van der Waals surface area contributed by atoms with Crippen LogP contribution >= 0.6 is 15.9 Å². The van der Waals surface area contributed by atoms with E-state index in [0.717, 1.165) is 11.1 Å². The molecular weight excluding hydrogens is 232 g/mol. The van der Waals surface area contributed by atoms with Gasteiger partial charge in [-0.2, -0.15) is 4.98 Å². The molecule has 0 atom stereocenters. The lowest BCUT2D eigenvalue weighted by Gasteiger charge is -1.97. The predicted molar refractivity (Wildman–Crippen MR) is 52.2 cm³/mol. The molecule has 0 aliphatic carbocycles. The van der Waals surface area contributed by atoms with Crippen molar-refractivity contribution in [1.29, 1.82) is 0 Å². The van der Waals surface area contributed by atoms with Crippen LogP contribution in [0.1, 0.15) is 5.56 Å². The van der Waals surface area contributed by atoms with Crippen LogP contribution in [0.2, 0.25) is 0 Å². The van der Waals surface area contributed by atoms with Crippen molar-refractivity contribution in [3.63, 3.8) is 0 Å². The van der Waals surface area contributed by atoms with Crippen molar-refractivity contribution in [3.05, 3.63) is 34.6 Å². The van der Waals surface area contributed by atoms with E-state index >= 15 is 0 Å². The third kappa shape index (κ3) is 1.62. The van der Waals surface area contributed by atoms with Gasteiger partial charge in [-0.05, 0) is 39.6 Å². The Bertz CT molecular complexity index is 425. The van der Waals surface area contributed by atoms with E-state index < -0.39 is 0 Å². The lowest BCUT2D eigenvalue weighted by Crippen LogP contribution is -1.81. The molecule has 0 fully saturated rings. The molecule has 0 radical (unpaired) electrons. The zero-order chi connectivity index (χ0) is 9.26. The van der Waals surface area contributed by atoms with Gasteiger partial charge in [-0.25, -0.2) is 0 Å². The van der Waals surface area contributed by atoms with Gasteiger partial charge in [0.1, 0.15) is 0 Å². The van der Waals surface area contributed by atoms with Crippen LogP contribution in [-0.4, -0.2) is 10.1 Å². The van der Waals surface area contributed by atoms with Crippen LogP contribution in [0.25, 0.3) is 11.5 Å². The van der Waals surface area contributed by atoms with Crippen LogP contribution in [0, 0.1) is 6.92 Å². The first-order chi connectivity index (χ1) is 6.27. The summed E-state index contributed by atoms with van der Waals surface area (Å²) in [4.78, 5) is 4.08. The number of aromatic nitrogens is 2. The van der Waals surface area contributed by atoms with Crippen molar-refractivity contribution in [1.82, 2.24) is 10.1 Å². The van der Waals surface area contributed by atoms with Crippen LogP contribution in [0.4, 0.5) is 0 Å². The summed E-state index contributed by atoms with van der Waals surface area (Å²) in [7, 11) is 0. The monoisotopic (exact) mass is 238 g/mol. The Labute approximate surface area is 83.9 Å². The zero-order valence-corrected chi connectivity index (χ0v) is 8.58. The fourth-order valence-corrected chi connectivity index (χ4v) is 1.36. The van der Waals surface area contributed by atoms with Gasteiger partial charge < -0.3 is 4.52 Å². The molecule has 0 aliphatic rings. The minimum atomic E-state index is 0.478. The van der Waals surface area contributed by atoms with Gasteiger partial charge in [0.05, 0.1) is 0 Å². The van der Waals surface area contributed by atoms with Crippen LogP contribution in [0.3, 0.4) is 0 Å². The van der Waals surface area contributed by atoms with Gasteiger partial charge in [0.2, 0.25) is 4.73 Å². The highest BCUT2D eigenvalue weighted by Gasteiger charge is 2.08. The summed E-state index contributed by atoms with van der Waals surface area (Å²) in [5.41, 5.74) is 2.10. The fourth-order valence-electron chi connectivity index (χ4n) is 1.13. The fraction of sp³-hybridized carbons (Fsp3) is 0.111. The molecule has 66 valence electrons. The first kappa shape index (κ1) is 8.44. The summed E-state index contributed by atoms with van der Waals surface area (Å²) in [6, 6.07) is 7.88. The molecule has 1 heterocycles. The normalized spacial score (nSPS) is 10.3. The molecule has 3 nitrogen and oxygen atoms in total. The number of hydrogen-bond acceptors (Lipinski definition) is 3. The molecule has 4 heteroatoms. The molecule has 0 saturated heterocycles. The number of rotatable bonds is 1. The summed E-state index contributed by atoms with van der Waals surface area (Å²) in [5.74, 6) is 0.546. The van der Waals surface area contributed by atoms with Gasteiger partial charge in [0.15, 0.2) is 0 Å². The van der Waals surface area contributed by atoms with E-state index in [1.54, 1.807) is 0 Å². The van der Waals surface area contributed by atoms with Crippen LogP contribution < -0.4 is 0 Å². The predicted octanol–water partition coefficient (Wildman–Crippen LogP) is 2.81. The molecule has 2 rings (SSSR count). The molecule has 1 aromatic carbocycles. The molecule has 0 aliphatic heterocycles. The Morgan fingerprint density at radius 3 is 2.69 bits per heavy atom. The van der Waals surface area contributed by atoms with E-state index in [-0.39, 0.29) is 0 Å². The van der Waals surface area contributed by atoms with Gasteiger partial charge >= 0.3 is 0 Å². The van der Waals surface area contributed by atoms with Gasteiger partial charge in [-0.3, -0.25) is 0 Å². The highest BCUT2D eigenvalue weighted by Crippen LogP contribution is 2.21. The zero-order valence-electron chi connectivity index (χ0n) is 6.99. The summed E-state index contributed by atoms with van der Waals surface area (Å²) in [5, 5.41) is 3.66. The molecule has 0 spiro atoms. The SMILES string of the molecule is Cc1ccccc1-c1nc(Br)no1. The lowest BCUT2D eigenvalue weighted by molar-refractivity contribution is 0.426.